The summed E-state index contributed by atoms with van der Waals surface area (Å²) < 4.78 is 19.4. The number of halogens is 1. The topological polar surface area (TPSA) is 58.6 Å². The highest BCUT2D eigenvalue weighted by molar-refractivity contribution is 7.17. The van der Waals surface area contributed by atoms with Crippen molar-refractivity contribution in [2.45, 2.75) is 6.42 Å². The van der Waals surface area contributed by atoms with Crippen LogP contribution < -0.4 is 10.1 Å². The molecule has 0 bridgehead atoms. The summed E-state index contributed by atoms with van der Waals surface area (Å²) in [7, 11) is 1.42. The molecule has 2 N–H and O–H groups in total. The number of phenols is 1. The number of carbonyl (C=O) groups excluding carboxylic acids is 1. The van der Waals surface area contributed by atoms with Crippen LogP contribution in [0, 0.1) is 5.82 Å². The summed E-state index contributed by atoms with van der Waals surface area (Å²) in [6.07, 6.45) is 0.614. The molecule has 0 aliphatic carbocycles. The zero-order chi connectivity index (χ0) is 18.5. The van der Waals surface area contributed by atoms with Crippen LogP contribution in [0.5, 0.6) is 11.5 Å². The lowest BCUT2D eigenvalue weighted by Gasteiger charge is -2.06. The average molecular weight is 371 g/mol. The number of amides is 1. The van der Waals surface area contributed by atoms with E-state index in [-0.39, 0.29) is 17.4 Å². The van der Waals surface area contributed by atoms with Crippen LogP contribution in [0.4, 0.5) is 4.39 Å². The van der Waals surface area contributed by atoms with Gasteiger partial charge in [0.25, 0.3) is 5.91 Å². The zero-order valence-electron chi connectivity index (χ0n) is 14.2. The first-order valence-electron chi connectivity index (χ1n) is 8.07. The van der Waals surface area contributed by atoms with Crippen molar-refractivity contribution >= 4 is 17.2 Å². The van der Waals surface area contributed by atoms with E-state index in [1.54, 1.807) is 48.5 Å². The molecule has 0 atom stereocenters. The molecule has 1 aromatic heterocycles. The standard InChI is InChI=1S/C20H18FNO3S/c1-25-16-7-3-6-15(19(16)21)17-8-9-18(26-17)20(24)22-11-10-13-4-2-5-14(23)12-13/h2-9,12,23H,10-11H2,1H3,(H,22,24). The van der Waals surface area contributed by atoms with Crippen molar-refractivity contribution in [2.75, 3.05) is 13.7 Å². The Morgan fingerprint density at radius 3 is 2.77 bits per heavy atom. The molecule has 1 heterocycles. The van der Waals surface area contributed by atoms with Crippen LogP contribution in [-0.2, 0) is 6.42 Å². The average Bonchev–Trinajstić information content (AvgIpc) is 3.12. The van der Waals surface area contributed by atoms with Crippen molar-refractivity contribution in [3.63, 3.8) is 0 Å². The van der Waals surface area contributed by atoms with E-state index in [9.17, 15) is 14.3 Å². The Morgan fingerprint density at radius 1 is 1.19 bits per heavy atom. The maximum atomic E-state index is 14.4. The normalized spacial score (nSPS) is 10.5. The molecule has 0 radical (unpaired) electrons. The first-order valence-corrected chi connectivity index (χ1v) is 8.89. The Bertz CT molecular complexity index is 923. The van der Waals surface area contributed by atoms with Gasteiger partial charge in [-0.1, -0.05) is 24.3 Å². The second-order valence-electron chi connectivity index (χ2n) is 5.66. The van der Waals surface area contributed by atoms with Crippen molar-refractivity contribution in [2.24, 2.45) is 0 Å². The molecule has 4 nitrogen and oxygen atoms in total. The largest absolute Gasteiger partial charge is 0.508 e. The van der Waals surface area contributed by atoms with Crippen LogP contribution in [0.15, 0.2) is 54.6 Å². The fraction of sp³-hybridized carbons (Fsp3) is 0.150. The summed E-state index contributed by atoms with van der Waals surface area (Å²) >= 11 is 1.23. The van der Waals surface area contributed by atoms with Gasteiger partial charge in [-0.05, 0) is 42.3 Å². The first-order chi connectivity index (χ1) is 12.6. The maximum Gasteiger partial charge on any atom is 0.261 e. The summed E-state index contributed by atoms with van der Waals surface area (Å²) in [4.78, 5) is 13.5. The molecular weight excluding hydrogens is 353 g/mol. The van der Waals surface area contributed by atoms with Gasteiger partial charge in [0, 0.05) is 17.0 Å². The van der Waals surface area contributed by atoms with Crippen LogP contribution in [0.25, 0.3) is 10.4 Å². The number of benzene rings is 2. The van der Waals surface area contributed by atoms with E-state index in [1.807, 2.05) is 6.07 Å². The number of methoxy groups -OCH3 is 1. The number of thiophene rings is 1. The van der Waals surface area contributed by atoms with Crippen molar-refractivity contribution < 1.29 is 19.0 Å². The van der Waals surface area contributed by atoms with Gasteiger partial charge in [0.05, 0.1) is 12.0 Å². The van der Waals surface area contributed by atoms with E-state index in [0.29, 0.717) is 28.3 Å². The Hall–Kier alpha value is -2.86. The van der Waals surface area contributed by atoms with Crippen LogP contribution in [-0.4, -0.2) is 24.7 Å². The molecule has 1 amide bonds. The molecule has 3 rings (SSSR count). The second-order valence-corrected chi connectivity index (χ2v) is 6.75. The third kappa shape index (κ3) is 4.03. The Labute approximate surface area is 154 Å². The second kappa shape index (κ2) is 8.01. The Kier molecular flexibility index (Phi) is 5.53. The maximum absolute atomic E-state index is 14.4. The fourth-order valence-electron chi connectivity index (χ4n) is 2.58. The van der Waals surface area contributed by atoms with Gasteiger partial charge in [0.15, 0.2) is 11.6 Å². The molecule has 3 aromatic rings. The van der Waals surface area contributed by atoms with Crippen molar-refractivity contribution in [3.05, 3.63) is 70.9 Å². The highest BCUT2D eigenvalue weighted by Crippen LogP contribution is 2.33. The first kappa shape index (κ1) is 17.9. The van der Waals surface area contributed by atoms with Crippen molar-refractivity contribution in [1.82, 2.24) is 5.32 Å². The van der Waals surface area contributed by atoms with Crippen molar-refractivity contribution in [3.8, 4) is 21.9 Å². The predicted molar refractivity (Wildman–Crippen MR) is 100 cm³/mol. The quantitative estimate of drug-likeness (QED) is 0.681. The number of rotatable bonds is 6. The Morgan fingerprint density at radius 2 is 2.00 bits per heavy atom. The van der Waals surface area contributed by atoms with Crippen LogP contribution in [0.1, 0.15) is 15.2 Å². The summed E-state index contributed by atoms with van der Waals surface area (Å²) in [6.45, 7) is 0.447. The lowest BCUT2D eigenvalue weighted by molar-refractivity contribution is 0.0958. The molecule has 0 saturated heterocycles. The number of ether oxygens (including phenoxy) is 1. The monoisotopic (exact) mass is 371 g/mol. The third-order valence-corrected chi connectivity index (χ3v) is 5.01. The van der Waals surface area contributed by atoms with E-state index in [1.165, 1.54) is 18.4 Å². The summed E-state index contributed by atoms with van der Waals surface area (Å²) in [5.41, 5.74) is 1.35. The predicted octanol–water partition coefficient (Wildman–Crippen LogP) is 4.24. The lowest BCUT2D eigenvalue weighted by atomic mass is 10.1. The molecule has 134 valence electrons. The summed E-state index contributed by atoms with van der Waals surface area (Å²) in [6, 6.07) is 15.3. The summed E-state index contributed by atoms with van der Waals surface area (Å²) in [5.74, 6) is -0.262. The molecule has 0 aliphatic heterocycles. The van der Waals surface area contributed by atoms with E-state index >= 15 is 0 Å². The highest BCUT2D eigenvalue weighted by atomic mass is 32.1. The molecular formula is C20H18FNO3S. The minimum Gasteiger partial charge on any atom is -0.508 e. The van der Waals surface area contributed by atoms with Crippen LogP contribution in [0.3, 0.4) is 0 Å². The van der Waals surface area contributed by atoms with Gasteiger partial charge in [-0.2, -0.15) is 0 Å². The van der Waals surface area contributed by atoms with Gasteiger partial charge in [-0.15, -0.1) is 11.3 Å². The summed E-state index contributed by atoms with van der Waals surface area (Å²) in [5, 5.41) is 12.3. The third-order valence-electron chi connectivity index (χ3n) is 3.89. The molecule has 26 heavy (non-hydrogen) atoms. The number of carbonyl (C=O) groups is 1. The van der Waals surface area contributed by atoms with Gasteiger partial charge in [-0.3, -0.25) is 4.79 Å². The number of nitrogens with one attached hydrogen (secondary N) is 1. The van der Waals surface area contributed by atoms with Crippen LogP contribution in [0.2, 0.25) is 0 Å². The van der Waals surface area contributed by atoms with E-state index in [4.69, 9.17) is 4.74 Å². The van der Waals surface area contributed by atoms with Crippen LogP contribution >= 0.6 is 11.3 Å². The number of aromatic hydroxyl groups is 1. The molecule has 6 heteroatoms. The number of hydrogen-bond donors (Lipinski definition) is 2. The molecule has 0 fully saturated rings. The van der Waals surface area contributed by atoms with Gasteiger partial charge in [-0.25, -0.2) is 4.39 Å². The number of hydrogen-bond acceptors (Lipinski definition) is 4. The highest BCUT2D eigenvalue weighted by Gasteiger charge is 2.15. The fourth-order valence-corrected chi connectivity index (χ4v) is 3.52. The lowest BCUT2D eigenvalue weighted by Crippen LogP contribution is -2.24. The van der Waals surface area contributed by atoms with Gasteiger partial charge in [0.2, 0.25) is 0 Å². The minimum atomic E-state index is -0.437. The molecule has 0 saturated carbocycles. The van der Waals surface area contributed by atoms with Gasteiger partial charge >= 0.3 is 0 Å². The SMILES string of the molecule is COc1cccc(-c2ccc(C(=O)NCCc3cccc(O)c3)s2)c1F. The molecule has 0 spiro atoms. The Balaban J connectivity index is 1.65. The zero-order valence-corrected chi connectivity index (χ0v) is 15.0. The molecule has 0 aliphatic rings. The van der Waals surface area contributed by atoms with Gasteiger partial charge < -0.3 is 15.2 Å². The van der Waals surface area contributed by atoms with E-state index < -0.39 is 5.82 Å². The van der Waals surface area contributed by atoms with Crippen molar-refractivity contribution in [1.29, 1.82) is 0 Å². The van der Waals surface area contributed by atoms with E-state index in [2.05, 4.69) is 5.32 Å². The molecule has 2 aromatic carbocycles. The minimum absolute atomic E-state index is 0.174. The van der Waals surface area contributed by atoms with E-state index in [0.717, 1.165) is 5.56 Å². The van der Waals surface area contributed by atoms with Gasteiger partial charge in [0.1, 0.15) is 5.75 Å². The smallest absolute Gasteiger partial charge is 0.261 e. The number of phenolic OH excluding ortho intramolecular Hbond substituents is 1. The molecule has 0 unspecified atom stereocenters.